The number of aliphatic hydroxyl groups excluding tert-OH is 1. The highest BCUT2D eigenvalue weighted by Crippen LogP contribution is 2.31. The predicted octanol–water partition coefficient (Wildman–Crippen LogP) is 1.47. The number of nitrogens with one attached hydrogen (secondary N) is 1. The number of carbonyl (C=O) groups is 1. The van der Waals surface area contributed by atoms with Crippen molar-refractivity contribution >= 4 is 5.91 Å². The third-order valence-corrected chi connectivity index (χ3v) is 2.91. The van der Waals surface area contributed by atoms with E-state index in [0.717, 1.165) is 5.56 Å². The lowest BCUT2D eigenvalue weighted by atomic mass is 9.83. The fourth-order valence-corrected chi connectivity index (χ4v) is 1.74. The number of methoxy groups -OCH3 is 1. The molecule has 2 N–H and O–H groups in total. The number of carbonyl (C=O) groups excluding carboxylic acids is 1. The van der Waals surface area contributed by atoms with Gasteiger partial charge in [0.25, 0.3) is 0 Å². The maximum Gasteiger partial charge on any atom is 0.230 e. The van der Waals surface area contributed by atoms with E-state index in [0.29, 0.717) is 5.75 Å². The highest BCUT2D eigenvalue weighted by atomic mass is 16.5. The fourth-order valence-electron chi connectivity index (χ4n) is 1.74. The summed E-state index contributed by atoms with van der Waals surface area (Å²) in [7, 11) is 1.59. The summed E-state index contributed by atoms with van der Waals surface area (Å²) in [5.41, 5.74) is 0.122. The second-order valence-corrected chi connectivity index (χ2v) is 4.88. The van der Waals surface area contributed by atoms with Crippen molar-refractivity contribution in [1.82, 2.24) is 5.32 Å². The van der Waals surface area contributed by atoms with E-state index in [9.17, 15) is 9.90 Å². The molecule has 4 heteroatoms. The lowest BCUT2D eigenvalue weighted by molar-refractivity contribution is -0.126. The number of ether oxygens (including phenoxy) is 1. The van der Waals surface area contributed by atoms with Crippen LogP contribution >= 0.6 is 0 Å². The van der Waals surface area contributed by atoms with Crippen LogP contribution < -0.4 is 10.1 Å². The first-order chi connectivity index (χ1) is 8.39. The highest BCUT2D eigenvalue weighted by Gasteiger charge is 2.32. The summed E-state index contributed by atoms with van der Waals surface area (Å²) >= 11 is 0. The van der Waals surface area contributed by atoms with E-state index in [-0.39, 0.29) is 12.5 Å². The minimum Gasteiger partial charge on any atom is -0.496 e. The Bertz CT molecular complexity index is 413. The molecule has 0 heterocycles. The Balaban J connectivity index is 2.94. The van der Waals surface area contributed by atoms with Gasteiger partial charge in [-0.1, -0.05) is 18.2 Å². The van der Waals surface area contributed by atoms with Gasteiger partial charge in [0.05, 0.1) is 18.6 Å². The molecule has 0 aliphatic rings. The highest BCUT2D eigenvalue weighted by molar-refractivity contribution is 5.88. The van der Waals surface area contributed by atoms with Crippen LogP contribution in [0.4, 0.5) is 0 Å². The Morgan fingerprint density at radius 2 is 2.06 bits per heavy atom. The van der Waals surface area contributed by atoms with Crippen molar-refractivity contribution in [1.29, 1.82) is 0 Å². The van der Waals surface area contributed by atoms with Crippen LogP contribution in [0.25, 0.3) is 0 Å². The summed E-state index contributed by atoms with van der Waals surface area (Å²) in [6.07, 6.45) is -0.553. The van der Waals surface area contributed by atoms with Gasteiger partial charge in [-0.25, -0.2) is 0 Å². The van der Waals surface area contributed by atoms with Crippen LogP contribution in [0.1, 0.15) is 26.3 Å². The van der Waals surface area contributed by atoms with Crippen molar-refractivity contribution in [2.75, 3.05) is 13.7 Å². The Morgan fingerprint density at radius 3 is 2.61 bits per heavy atom. The average Bonchev–Trinajstić information content (AvgIpc) is 2.35. The van der Waals surface area contributed by atoms with Crippen molar-refractivity contribution in [2.45, 2.75) is 32.3 Å². The normalized spacial score (nSPS) is 12.9. The summed E-state index contributed by atoms with van der Waals surface area (Å²) < 4.78 is 5.28. The zero-order chi connectivity index (χ0) is 13.8. The van der Waals surface area contributed by atoms with Crippen LogP contribution in [0, 0.1) is 0 Å². The molecule has 0 aromatic heterocycles. The molecule has 0 fully saturated rings. The van der Waals surface area contributed by atoms with Crippen LogP contribution in [-0.2, 0) is 10.2 Å². The summed E-state index contributed by atoms with van der Waals surface area (Å²) in [5.74, 6) is 0.558. The summed E-state index contributed by atoms with van der Waals surface area (Å²) in [6, 6.07) is 7.45. The molecule has 4 nitrogen and oxygen atoms in total. The molecule has 1 atom stereocenters. The van der Waals surface area contributed by atoms with Crippen molar-refractivity contribution in [2.24, 2.45) is 0 Å². The minimum absolute atomic E-state index is 0.132. The predicted molar refractivity (Wildman–Crippen MR) is 70.7 cm³/mol. The molecule has 18 heavy (non-hydrogen) atoms. The van der Waals surface area contributed by atoms with Crippen LogP contribution in [-0.4, -0.2) is 30.8 Å². The maximum atomic E-state index is 12.2. The molecule has 100 valence electrons. The van der Waals surface area contributed by atoms with E-state index in [4.69, 9.17) is 4.74 Å². The molecule has 1 amide bonds. The zero-order valence-electron chi connectivity index (χ0n) is 11.4. The first-order valence-corrected chi connectivity index (χ1v) is 5.99. The Labute approximate surface area is 108 Å². The summed E-state index contributed by atoms with van der Waals surface area (Å²) in [6.45, 7) is 5.55. The molecule has 0 saturated carbocycles. The number of benzene rings is 1. The molecule has 0 radical (unpaired) electrons. The number of hydrogen-bond donors (Lipinski definition) is 2. The van der Waals surface area contributed by atoms with Gasteiger partial charge in [0, 0.05) is 12.1 Å². The first kappa shape index (κ1) is 14.5. The summed E-state index contributed by atoms with van der Waals surface area (Å²) in [5, 5.41) is 11.9. The summed E-state index contributed by atoms with van der Waals surface area (Å²) in [4.78, 5) is 12.2. The fraction of sp³-hybridized carbons (Fsp3) is 0.500. The van der Waals surface area contributed by atoms with Gasteiger partial charge in [-0.3, -0.25) is 4.79 Å². The first-order valence-electron chi connectivity index (χ1n) is 5.99. The molecule has 0 saturated heterocycles. The lowest BCUT2D eigenvalue weighted by Gasteiger charge is -2.26. The third kappa shape index (κ3) is 3.23. The van der Waals surface area contributed by atoms with Crippen LogP contribution in [0.15, 0.2) is 24.3 Å². The largest absolute Gasteiger partial charge is 0.496 e. The molecular weight excluding hydrogens is 230 g/mol. The zero-order valence-corrected chi connectivity index (χ0v) is 11.4. The van der Waals surface area contributed by atoms with Crippen molar-refractivity contribution in [3.8, 4) is 5.75 Å². The van der Waals surface area contributed by atoms with Gasteiger partial charge < -0.3 is 15.2 Å². The molecule has 0 spiro atoms. The van der Waals surface area contributed by atoms with E-state index >= 15 is 0 Å². The average molecular weight is 251 g/mol. The van der Waals surface area contributed by atoms with Crippen LogP contribution in [0.3, 0.4) is 0 Å². The number of aliphatic hydroxyl groups is 1. The molecule has 0 aliphatic heterocycles. The van der Waals surface area contributed by atoms with Gasteiger partial charge in [-0.15, -0.1) is 0 Å². The van der Waals surface area contributed by atoms with E-state index in [1.807, 2.05) is 38.1 Å². The number of para-hydroxylation sites is 1. The second kappa shape index (κ2) is 5.87. The van der Waals surface area contributed by atoms with Crippen LogP contribution in [0.5, 0.6) is 5.75 Å². The Hall–Kier alpha value is -1.55. The quantitative estimate of drug-likeness (QED) is 0.833. The smallest absolute Gasteiger partial charge is 0.230 e. The minimum atomic E-state index is -0.707. The van der Waals surface area contributed by atoms with Gasteiger partial charge in [0.2, 0.25) is 5.91 Å². The van der Waals surface area contributed by atoms with Crippen molar-refractivity contribution in [3.63, 3.8) is 0 Å². The van der Waals surface area contributed by atoms with Gasteiger partial charge in [-0.05, 0) is 26.8 Å². The topological polar surface area (TPSA) is 58.6 Å². The monoisotopic (exact) mass is 251 g/mol. The molecule has 0 bridgehead atoms. The molecule has 1 rings (SSSR count). The van der Waals surface area contributed by atoms with E-state index in [1.54, 1.807) is 14.0 Å². The second-order valence-electron chi connectivity index (χ2n) is 4.88. The third-order valence-electron chi connectivity index (χ3n) is 2.91. The van der Waals surface area contributed by atoms with E-state index < -0.39 is 11.5 Å². The van der Waals surface area contributed by atoms with Crippen molar-refractivity contribution in [3.05, 3.63) is 29.8 Å². The number of rotatable bonds is 5. The number of amides is 1. The molecule has 0 aliphatic carbocycles. The Morgan fingerprint density at radius 1 is 1.44 bits per heavy atom. The van der Waals surface area contributed by atoms with Crippen LogP contribution in [0.2, 0.25) is 0 Å². The molecular formula is C14H21NO3. The molecule has 1 aromatic carbocycles. The lowest BCUT2D eigenvalue weighted by Crippen LogP contribution is -2.42. The van der Waals surface area contributed by atoms with Gasteiger partial charge >= 0.3 is 0 Å². The Kier molecular flexibility index (Phi) is 4.73. The van der Waals surface area contributed by atoms with Gasteiger partial charge in [0.1, 0.15) is 5.75 Å². The molecule has 1 aromatic rings. The van der Waals surface area contributed by atoms with Crippen molar-refractivity contribution < 1.29 is 14.6 Å². The van der Waals surface area contributed by atoms with Gasteiger partial charge in [0.15, 0.2) is 0 Å². The maximum absolute atomic E-state index is 12.2. The van der Waals surface area contributed by atoms with E-state index in [1.165, 1.54) is 0 Å². The standard InChI is InChI=1S/C14H21NO3/c1-10(16)9-15-13(17)14(2,3)11-7-5-6-8-12(11)18-4/h5-8,10,16H,9H2,1-4H3,(H,15,17). The molecule has 1 unspecified atom stereocenters. The SMILES string of the molecule is COc1ccccc1C(C)(C)C(=O)NCC(C)O. The number of hydrogen-bond acceptors (Lipinski definition) is 3. The van der Waals surface area contributed by atoms with E-state index in [2.05, 4.69) is 5.32 Å². The van der Waals surface area contributed by atoms with Gasteiger partial charge in [-0.2, -0.15) is 0 Å².